The maximum absolute atomic E-state index is 12.8. The Morgan fingerprint density at radius 3 is 2.10 bits per heavy atom. The third-order valence-electron chi connectivity index (χ3n) is 1.85. The van der Waals surface area contributed by atoms with Gasteiger partial charge < -0.3 is 21.5 Å². The van der Waals surface area contributed by atoms with Crippen LogP contribution in [0.25, 0.3) is 0 Å². The minimum absolute atomic E-state index is 0.0754. The largest absolute Gasteiger partial charge is 0.444 e. The van der Waals surface area contributed by atoms with Gasteiger partial charge >= 0.3 is 6.09 Å². The molecule has 1 aromatic rings. The van der Waals surface area contributed by atoms with Crippen LogP contribution >= 0.6 is 0 Å². The maximum atomic E-state index is 12.8. The average molecular weight is 303 g/mol. The third-order valence-corrected chi connectivity index (χ3v) is 1.85. The number of halogens is 2. The summed E-state index contributed by atoms with van der Waals surface area (Å²) in [4.78, 5) is 20.6. The van der Waals surface area contributed by atoms with Gasteiger partial charge in [-0.05, 0) is 32.9 Å². The van der Waals surface area contributed by atoms with Gasteiger partial charge in [0.15, 0.2) is 11.6 Å². The van der Waals surface area contributed by atoms with Crippen molar-refractivity contribution in [1.82, 2.24) is 0 Å². The van der Waals surface area contributed by atoms with Crippen molar-refractivity contribution in [3.8, 4) is 0 Å². The normalized spacial score (nSPS) is 10.2. The summed E-state index contributed by atoms with van der Waals surface area (Å²) in [5.74, 6) is -2.57. The minimum atomic E-state index is -1.15. The van der Waals surface area contributed by atoms with Crippen LogP contribution in [-0.4, -0.2) is 17.6 Å². The van der Waals surface area contributed by atoms with Gasteiger partial charge in [0, 0.05) is 6.92 Å². The van der Waals surface area contributed by atoms with Crippen LogP contribution in [0.3, 0.4) is 0 Å². The quantitative estimate of drug-likeness (QED) is 0.692. The number of primary amides is 1. The van der Waals surface area contributed by atoms with E-state index in [1.54, 1.807) is 20.8 Å². The van der Waals surface area contributed by atoms with E-state index in [0.717, 1.165) is 6.07 Å². The van der Waals surface area contributed by atoms with Crippen molar-refractivity contribution in [2.75, 3.05) is 11.1 Å². The lowest BCUT2D eigenvalue weighted by Crippen LogP contribution is -2.27. The Kier molecular flexibility index (Phi) is 6.57. The number of anilines is 2. The summed E-state index contributed by atoms with van der Waals surface area (Å²) in [6.07, 6.45) is -0.725. The predicted molar refractivity (Wildman–Crippen MR) is 75.5 cm³/mol. The summed E-state index contributed by atoms with van der Waals surface area (Å²) in [5, 5.41) is 2.27. The number of nitrogens with one attached hydrogen (secondary N) is 1. The lowest BCUT2D eigenvalue weighted by molar-refractivity contribution is -0.114. The number of ether oxygens (including phenoxy) is 1. The Hall–Kier alpha value is -2.38. The van der Waals surface area contributed by atoms with Crippen LogP contribution in [0.4, 0.5) is 25.0 Å². The first-order valence-corrected chi connectivity index (χ1v) is 5.93. The summed E-state index contributed by atoms with van der Waals surface area (Å²) < 4.78 is 29.9. The molecule has 0 aromatic heterocycles. The number of nitrogen functional groups attached to an aromatic ring is 1. The highest BCUT2D eigenvalue weighted by molar-refractivity contribution is 5.92. The second-order valence-electron chi connectivity index (χ2n) is 5.04. The van der Waals surface area contributed by atoms with Gasteiger partial charge in [-0.3, -0.25) is 4.79 Å². The molecule has 0 saturated heterocycles. The van der Waals surface area contributed by atoms with E-state index in [4.69, 9.17) is 11.5 Å². The molecule has 0 unspecified atom stereocenters. The van der Waals surface area contributed by atoms with Crippen molar-refractivity contribution in [1.29, 1.82) is 0 Å². The molecule has 0 aliphatic rings. The maximum Gasteiger partial charge on any atom is 0.405 e. The first-order valence-electron chi connectivity index (χ1n) is 5.93. The number of nitrogens with two attached hydrogens (primary N) is 2. The van der Waals surface area contributed by atoms with Crippen LogP contribution in [0.1, 0.15) is 27.7 Å². The number of carbonyl (C=O) groups excluding carboxylic acids is 2. The van der Waals surface area contributed by atoms with E-state index in [2.05, 4.69) is 10.1 Å². The van der Waals surface area contributed by atoms with Crippen molar-refractivity contribution in [3.05, 3.63) is 23.8 Å². The summed E-state index contributed by atoms with van der Waals surface area (Å²) in [6, 6.07) is 2.10. The number of hydrogen-bond donors (Lipinski definition) is 3. The Balaban J connectivity index is 0.000000433. The fourth-order valence-electron chi connectivity index (χ4n) is 1.17. The van der Waals surface area contributed by atoms with E-state index in [1.165, 1.54) is 13.0 Å². The Bertz CT molecular complexity index is 528. The zero-order valence-corrected chi connectivity index (χ0v) is 12.3. The third kappa shape index (κ3) is 7.71. The van der Waals surface area contributed by atoms with Gasteiger partial charge in [0.1, 0.15) is 5.60 Å². The standard InChI is InChI=1S/C8H8F2N2O.C5H11NO2/c1-4(13)12-6-3-2-5(9)7(10)8(6)11;1-5(2,3)8-4(6)7/h2-3H,11H2,1H3,(H,12,13);1-3H3,(H2,6,7). The molecule has 1 aromatic carbocycles. The molecule has 0 heterocycles. The number of carbonyl (C=O) groups is 2. The van der Waals surface area contributed by atoms with Gasteiger partial charge in [-0.1, -0.05) is 0 Å². The van der Waals surface area contributed by atoms with E-state index in [0.29, 0.717) is 0 Å². The molecule has 2 amide bonds. The molecule has 0 aliphatic carbocycles. The van der Waals surface area contributed by atoms with Crippen LogP contribution < -0.4 is 16.8 Å². The molecule has 8 heteroatoms. The number of benzene rings is 1. The summed E-state index contributed by atoms with van der Waals surface area (Å²) >= 11 is 0. The van der Waals surface area contributed by atoms with Crippen LogP contribution in [-0.2, 0) is 9.53 Å². The molecule has 6 nitrogen and oxygen atoms in total. The van der Waals surface area contributed by atoms with Crippen molar-refractivity contribution < 1.29 is 23.1 Å². The molecule has 0 radical (unpaired) electrons. The minimum Gasteiger partial charge on any atom is -0.444 e. The molecule has 118 valence electrons. The second kappa shape index (κ2) is 7.41. The van der Waals surface area contributed by atoms with E-state index in [9.17, 15) is 18.4 Å². The second-order valence-corrected chi connectivity index (χ2v) is 5.04. The van der Waals surface area contributed by atoms with Crippen molar-refractivity contribution >= 4 is 23.4 Å². The molecule has 0 atom stereocenters. The topological polar surface area (TPSA) is 107 Å². The lowest BCUT2D eigenvalue weighted by Gasteiger charge is -2.16. The predicted octanol–water partition coefficient (Wildman–Crippen LogP) is 2.39. The molecule has 0 spiro atoms. The van der Waals surface area contributed by atoms with E-state index >= 15 is 0 Å². The van der Waals surface area contributed by atoms with Crippen molar-refractivity contribution in [3.63, 3.8) is 0 Å². The molecule has 1 rings (SSSR count). The van der Waals surface area contributed by atoms with Crippen molar-refractivity contribution in [2.24, 2.45) is 5.73 Å². The smallest absolute Gasteiger partial charge is 0.405 e. The van der Waals surface area contributed by atoms with E-state index in [1.807, 2.05) is 0 Å². The highest BCUT2D eigenvalue weighted by Gasteiger charge is 2.12. The monoisotopic (exact) mass is 303 g/mol. The van der Waals surface area contributed by atoms with Crippen LogP contribution in [0, 0.1) is 11.6 Å². The summed E-state index contributed by atoms with van der Waals surface area (Å²) in [5.41, 5.74) is 9.15. The zero-order valence-electron chi connectivity index (χ0n) is 12.3. The van der Waals surface area contributed by atoms with E-state index < -0.39 is 34.9 Å². The number of amides is 2. The lowest BCUT2D eigenvalue weighted by atomic mass is 10.2. The Labute approximate surface area is 121 Å². The average Bonchev–Trinajstić information content (AvgIpc) is 2.27. The Morgan fingerprint density at radius 1 is 1.24 bits per heavy atom. The van der Waals surface area contributed by atoms with Crippen LogP contribution in [0.5, 0.6) is 0 Å². The fourth-order valence-corrected chi connectivity index (χ4v) is 1.17. The Morgan fingerprint density at radius 2 is 1.76 bits per heavy atom. The molecule has 0 fully saturated rings. The first kappa shape index (κ1) is 18.6. The highest BCUT2D eigenvalue weighted by Crippen LogP contribution is 2.23. The molecule has 0 aliphatic heterocycles. The van der Waals surface area contributed by atoms with Gasteiger partial charge in [-0.25, -0.2) is 13.6 Å². The SMILES string of the molecule is CC(=O)Nc1ccc(F)c(F)c1N.CC(C)(C)OC(N)=O. The fraction of sp³-hybridized carbons (Fsp3) is 0.385. The molecule has 0 saturated carbocycles. The zero-order chi connectivity index (χ0) is 16.8. The van der Waals surface area contributed by atoms with E-state index in [-0.39, 0.29) is 5.69 Å². The molecular formula is C13H19F2N3O3. The highest BCUT2D eigenvalue weighted by atomic mass is 19.2. The number of hydrogen-bond acceptors (Lipinski definition) is 4. The number of rotatable bonds is 1. The van der Waals surface area contributed by atoms with Crippen molar-refractivity contribution in [2.45, 2.75) is 33.3 Å². The van der Waals surface area contributed by atoms with Gasteiger partial charge in [-0.15, -0.1) is 0 Å². The van der Waals surface area contributed by atoms with Gasteiger partial charge in [0.2, 0.25) is 5.91 Å². The van der Waals surface area contributed by atoms with Gasteiger partial charge in [0.25, 0.3) is 0 Å². The van der Waals surface area contributed by atoms with Crippen LogP contribution in [0.2, 0.25) is 0 Å². The molecule has 0 bridgehead atoms. The van der Waals surface area contributed by atoms with Gasteiger partial charge in [-0.2, -0.15) is 0 Å². The molecule has 21 heavy (non-hydrogen) atoms. The molecular weight excluding hydrogens is 284 g/mol. The molecule has 5 N–H and O–H groups in total. The summed E-state index contributed by atoms with van der Waals surface area (Å²) in [7, 11) is 0. The van der Waals surface area contributed by atoms with Gasteiger partial charge in [0.05, 0.1) is 11.4 Å². The first-order chi connectivity index (χ1) is 9.44. The van der Waals surface area contributed by atoms with Crippen LogP contribution in [0.15, 0.2) is 12.1 Å². The summed E-state index contributed by atoms with van der Waals surface area (Å²) in [6.45, 7) is 6.54.